The summed E-state index contributed by atoms with van der Waals surface area (Å²) in [5, 5.41) is 3.14. The van der Waals surface area contributed by atoms with Gasteiger partial charge in [0.1, 0.15) is 0 Å². The molecule has 0 saturated carbocycles. The minimum absolute atomic E-state index is 0.0586. The molecule has 2 rings (SSSR count). The maximum absolute atomic E-state index is 12.1. The number of likely N-dealkylation sites (tertiary alicyclic amines) is 1. The molecule has 1 N–H and O–H groups in total. The third-order valence-corrected chi connectivity index (χ3v) is 3.26. The molecule has 20 heavy (non-hydrogen) atoms. The van der Waals surface area contributed by atoms with E-state index in [0.29, 0.717) is 12.4 Å². The van der Waals surface area contributed by atoms with E-state index in [2.05, 4.69) is 10.3 Å². The molecule has 0 atom stereocenters. The second-order valence-corrected chi connectivity index (χ2v) is 5.32. The number of anilines is 1. The Morgan fingerprint density at radius 3 is 2.85 bits per heavy atom. The Balaban J connectivity index is 1.91. The van der Waals surface area contributed by atoms with Crippen LogP contribution in [0, 0.1) is 0 Å². The minimum atomic E-state index is 0.0586. The van der Waals surface area contributed by atoms with E-state index in [9.17, 15) is 4.79 Å². The van der Waals surface area contributed by atoms with Crippen LogP contribution in [0.25, 0.3) is 0 Å². The topological polar surface area (TPSA) is 54.5 Å². The molecule has 5 nitrogen and oxygen atoms in total. The lowest BCUT2D eigenvalue weighted by Gasteiger charge is -2.27. The van der Waals surface area contributed by atoms with Crippen molar-refractivity contribution in [3.05, 3.63) is 18.3 Å². The molecule has 1 saturated heterocycles. The molecule has 1 fully saturated rings. The average molecular weight is 277 g/mol. The first-order chi connectivity index (χ1) is 9.66. The van der Waals surface area contributed by atoms with Gasteiger partial charge in [-0.2, -0.15) is 0 Å². The van der Waals surface area contributed by atoms with Crippen LogP contribution in [-0.4, -0.2) is 41.5 Å². The summed E-state index contributed by atoms with van der Waals surface area (Å²) in [5.74, 6) is 0.693. The third kappa shape index (κ3) is 4.11. The van der Waals surface area contributed by atoms with E-state index in [1.807, 2.05) is 30.9 Å². The molecule has 1 aliphatic heterocycles. The van der Waals surface area contributed by atoms with Gasteiger partial charge in [-0.05, 0) is 45.2 Å². The molecule has 1 amide bonds. The molecule has 0 aromatic carbocycles. The molecule has 2 heterocycles. The van der Waals surface area contributed by atoms with Crippen molar-refractivity contribution in [3.63, 3.8) is 0 Å². The molecular formula is C15H23N3O2. The highest BCUT2D eigenvalue weighted by molar-refractivity contribution is 5.81. The number of nitrogens with zero attached hydrogens (tertiary/aromatic N) is 2. The number of ether oxygens (including phenoxy) is 1. The van der Waals surface area contributed by atoms with E-state index in [0.717, 1.165) is 31.6 Å². The molecule has 0 bridgehead atoms. The number of piperidine rings is 1. The fourth-order valence-electron chi connectivity index (χ4n) is 2.27. The molecule has 0 aliphatic carbocycles. The Kier molecular flexibility index (Phi) is 5.21. The molecule has 0 unspecified atom stereocenters. The zero-order valence-electron chi connectivity index (χ0n) is 12.3. The van der Waals surface area contributed by atoms with Crippen LogP contribution >= 0.6 is 0 Å². The van der Waals surface area contributed by atoms with Gasteiger partial charge in [0, 0.05) is 19.3 Å². The van der Waals surface area contributed by atoms with Gasteiger partial charge < -0.3 is 15.0 Å². The summed E-state index contributed by atoms with van der Waals surface area (Å²) in [5.41, 5.74) is 0.770. The predicted molar refractivity (Wildman–Crippen MR) is 78.9 cm³/mol. The summed E-state index contributed by atoms with van der Waals surface area (Å²) in [6.45, 7) is 5.96. The second-order valence-electron chi connectivity index (χ2n) is 5.32. The lowest BCUT2D eigenvalue weighted by Crippen LogP contribution is -2.39. The van der Waals surface area contributed by atoms with Crippen LogP contribution in [0.5, 0.6) is 5.88 Å². The largest absolute Gasteiger partial charge is 0.473 e. The van der Waals surface area contributed by atoms with Gasteiger partial charge in [-0.1, -0.05) is 0 Å². The monoisotopic (exact) mass is 277 g/mol. The molecule has 1 aromatic heterocycles. The van der Waals surface area contributed by atoms with Crippen molar-refractivity contribution in [2.75, 3.05) is 25.0 Å². The number of pyridine rings is 1. The van der Waals surface area contributed by atoms with Crippen molar-refractivity contribution in [1.82, 2.24) is 9.88 Å². The van der Waals surface area contributed by atoms with Crippen molar-refractivity contribution in [2.24, 2.45) is 0 Å². The van der Waals surface area contributed by atoms with Gasteiger partial charge in [-0.3, -0.25) is 4.79 Å². The van der Waals surface area contributed by atoms with Crippen molar-refractivity contribution >= 4 is 11.6 Å². The van der Waals surface area contributed by atoms with Crippen LogP contribution in [0.15, 0.2) is 18.3 Å². The van der Waals surface area contributed by atoms with E-state index >= 15 is 0 Å². The van der Waals surface area contributed by atoms with Crippen LogP contribution < -0.4 is 10.1 Å². The van der Waals surface area contributed by atoms with Crippen molar-refractivity contribution < 1.29 is 9.53 Å². The molecule has 5 heteroatoms. The van der Waals surface area contributed by atoms with Gasteiger partial charge in [0.15, 0.2) is 0 Å². The van der Waals surface area contributed by atoms with Crippen molar-refractivity contribution in [1.29, 1.82) is 0 Å². The standard InChI is InChI=1S/C15H23N3O2/c1-12(2)20-15-13(7-6-8-16-15)17-11-14(19)18-9-4-3-5-10-18/h6-8,12,17H,3-5,9-11H2,1-2H3. The summed E-state index contributed by atoms with van der Waals surface area (Å²) in [4.78, 5) is 18.2. The summed E-state index contributed by atoms with van der Waals surface area (Å²) in [7, 11) is 0. The second kappa shape index (κ2) is 7.12. The van der Waals surface area contributed by atoms with Gasteiger partial charge in [-0.25, -0.2) is 4.98 Å². The Morgan fingerprint density at radius 1 is 1.40 bits per heavy atom. The minimum Gasteiger partial charge on any atom is -0.473 e. The van der Waals surface area contributed by atoms with Crippen molar-refractivity contribution in [2.45, 2.75) is 39.2 Å². The van der Waals surface area contributed by atoms with Gasteiger partial charge in [-0.15, -0.1) is 0 Å². The first kappa shape index (κ1) is 14.6. The Hall–Kier alpha value is -1.78. The Labute approximate surface area is 120 Å². The average Bonchev–Trinajstić information content (AvgIpc) is 2.46. The molecule has 1 aromatic rings. The van der Waals surface area contributed by atoms with E-state index in [-0.39, 0.29) is 12.0 Å². The summed E-state index contributed by atoms with van der Waals surface area (Å²) < 4.78 is 5.62. The maximum Gasteiger partial charge on any atom is 0.241 e. The molecule has 0 radical (unpaired) electrons. The van der Waals surface area contributed by atoms with Crippen LogP contribution in [0.3, 0.4) is 0 Å². The molecule has 0 spiro atoms. The summed E-state index contributed by atoms with van der Waals surface area (Å²) >= 11 is 0. The Morgan fingerprint density at radius 2 is 2.15 bits per heavy atom. The lowest BCUT2D eigenvalue weighted by atomic mass is 10.1. The number of rotatable bonds is 5. The molecular weight excluding hydrogens is 254 g/mol. The molecule has 1 aliphatic rings. The summed E-state index contributed by atoms with van der Waals surface area (Å²) in [6.07, 6.45) is 5.20. The highest BCUT2D eigenvalue weighted by atomic mass is 16.5. The van der Waals surface area contributed by atoms with E-state index in [1.165, 1.54) is 6.42 Å². The number of hydrogen-bond donors (Lipinski definition) is 1. The number of carbonyl (C=O) groups excluding carboxylic acids is 1. The lowest BCUT2D eigenvalue weighted by molar-refractivity contribution is -0.130. The number of aromatic nitrogens is 1. The zero-order chi connectivity index (χ0) is 14.4. The Bertz CT molecular complexity index is 442. The summed E-state index contributed by atoms with van der Waals surface area (Å²) in [6, 6.07) is 3.72. The normalized spacial score (nSPS) is 15.2. The van der Waals surface area contributed by atoms with Crippen LogP contribution in [0.2, 0.25) is 0 Å². The fourth-order valence-corrected chi connectivity index (χ4v) is 2.27. The maximum atomic E-state index is 12.1. The van der Waals surface area contributed by atoms with Crippen LogP contribution in [-0.2, 0) is 4.79 Å². The first-order valence-corrected chi connectivity index (χ1v) is 7.30. The van der Waals surface area contributed by atoms with Gasteiger partial charge >= 0.3 is 0 Å². The highest BCUT2D eigenvalue weighted by Crippen LogP contribution is 2.21. The number of carbonyl (C=O) groups is 1. The first-order valence-electron chi connectivity index (χ1n) is 7.30. The zero-order valence-corrected chi connectivity index (χ0v) is 12.3. The number of nitrogens with one attached hydrogen (secondary N) is 1. The van der Waals surface area contributed by atoms with E-state index < -0.39 is 0 Å². The van der Waals surface area contributed by atoms with Gasteiger partial charge in [0.25, 0.3) is 0 Å². The number of hydrogen-bond acceptors (Lipinski definition) is 4. The van der Waals surface area contributed by atoms with Gasteiger partial charge in [0.05, 0.1) is 18.3 Å². The van der Waals surface area contributed by atoms with Crippen LogP contribution in [0.1, 0.15) is 33.1 Å². The quantitative estimate of drug-likeness (QED) is 0.897. The van der Waals surface area contributed by atoms with Crippen LogP contribution in [0.4, 0.5) is 5.69 Å². The number of amides is 1. The van der Waals surface area contributed by atoms with E-state index in [1.54, 1.807) is 6.20 Å². The van der Waals surface area contributed by atoms with Gasteiger partial charge in [0.2, 0.25) is 11.8 Å². The molecule has 110 valence electrons. The van der Waals surface area contributed by atoms with E-state index in [4.69, 9.17) is 4.74 Å². The van der Waals surface area contributed by atoms with Crippen molar-refractivity contribution in [3.8, 4) is 5.88 Å². The SMILES string of the molecule is CC(C)Oc1ncccc1NCC(=O)N1CCCCC1. The highest BCUT2D eigenvalue weighted by Gasteiger charge is 2.16. The smallest absolute Gasteiger partial charge is 0.241 e. The fraction of sp³-hybridized carbons (Fsp3) is 0.600. The predicted octanol–water partition coefficient (Wildman–Crippen LogP) is 2.29. The third-order valence-electron chi connectivity index (χ3n) is 3.26.